The lowest BCUT2D eigenvalue weighted by molar-refractivity contribution is -0.139. The molecule has 0 saturated carbocycles. The molecule has 0 spiro atoms. The fraction of sp³-hybridized carbons (Fsp3) is 0.333. The molecule has 0 aliphatic carbocycles. The Balaban J connectivity index is 1.86. The highest BCUT2D eigenvalue weighted by Crippen LogP contribution is 2.28. The molecule has 0 unspecified atom stereocenters. The number of carbonyl (C=O) groups is 2. The second kappa shape index (κ2) is 8.64. The summed E-state index contributed by atoms with van der Waals surface area (Å²) in [5.74, 6) is -0.209. The smallest absolute Gasteiger partial charge is 0.315 e. The number of carbonyl (C=O) groups excluding carboxylic acids is 2. The Hall–Kier alpha value is -1.93. The second-order valence-electron chi connectivity index (χ2n) is 4.57. The van der Waals surface area contributed by atoms with Crippen molar-refractivity contribution in [1.29, 1.82) is 0 Å². The third kappa shape index (κ3) is 5.33. The molecule has 0 saturated heterocycles. The number of aromatic nitrogens is 2. The summed E-state index contributed by atoms with van der Waals surface area (Å²) in [5.41, 5.74) is 2.11. The summed E-state index contributed by atoms with van der Waals surface area (Å²) in [4.78, 5) is 23.0. The summed E-state index contributed by atoms with van der Waals surface area (Å²) in [6.45, 7) is 4.09. The first-order valence-corrected chi connectivity index (χ1v) is 9.00. The van der Waals surface area contributed by atoms with Gasteiger partial charge in [0.2, 0.25) is 11.0 Å². The Morgan fingerprint density at radius 3 is 2.78 bits per heavy atom. The first-order valence-electron chi connectivity index (χ1n) is 7.03. The van der Waals surface area contributed by atoms with Crippen LogP contribution in [-0.4, -0.2) is 40.2 Å². The minimum absolute atomic E-state index is 0.159. The van der Waals surface area contributed by atoms with Crippen LogP contribution in [0.25, 0.3) is 10.6 Å². The summed E-state index contributed by atoms with van der Waals surface area (Å²) in [6.07, 6.45) is 0. The number of nitrogens with one attached hydrogen (secondary N) is 1. The van der Waals surface area contributed by atoms with E-state index >= 15 is 0 Å². The van der Waals surface area contributed by atoms with Gasteiger partial charge in [0.05, 0.1) is 18.1 Å². The maximum absolute atomic E-state index is 11.8. The fourth-order valence-corrected chi connectivity index (χ4v) is 3.24. The first-order chi connectivity index (χ1) is 11.1. The van der Waals surface area contributed by atoms with Crippen LogP contribution in [-0.2, 0) is 14.3 Å². The zero-order chi connectivity index (χ0) is 16.7. The van der Waals surface area contributed by atoms with Gasteiger partial charge in [-0.15, -0.1) is 22.0 Å². The molecule has 2 aromatic rings. The molecule has 1 N–H and O–H groups in total. The Bertz CT molecular complexity index is 688. The van der Waals surface area contributed by atoms with E-state index in [0.29, 0.717) is 11.7 Å². The van der Waals surface area contributed by atoms with Crippen LogP contribution in [0, 0.1) is 6.92 Å². The number of esters is 1. The topological polar surface area (TPSA) is 81.2 Å². The van der Waals surface area contributed by atoms with Gasteiger partial charge >= 0.3 is 5.97 Å². The number of thioether (sulfide) groups is 1. The molecule has 1 amide bonds. The van der Waals surface area contributed by atoms with E-state index < -0.39 is 0 Å². The van der Waals surface area contributed by atoms with Crippen LogP contribution in [0.3, 0.4) is 0 Å². The van der Waals surface area contributed by atoms with E-state index in [-0.39, 0.29) is 23.4 Å². The molecule has 0 fully saturated rings. The van der Waals surface area contributed by atoms with Crippen LogP contribution in [0.4, 0.5) is 5.13 Å². The van der Waals surface area contributed by atoms with E-state index in [0.717, 1.165) is 16.1 Å². The van der Waals surface area contributed by atoms with Gasteiger partial charge < -0.3 is 4.74 Å². The number of amides is 1. The molecular formula is C15H17N3O3S2. The number of hydrogen-bond donors (Lipinski definition) is 1. The Kier molecular flexibility index (Phi) is 6.54. The molecule has 1 aromatic heterocycles. The second-order valence-corrected chi connectivity index (χ2v) is 6.54. The summed E-state index contributed by atoms with van der Waals surface area (Å²) < 4.78 is 4.79. The van der Waals surface area contributed by atoms with Crippen molar-refractivity contribution in [3.8, 4) is 10.6 Å². The van der Waals surface area contributed by atoms with Crippen molar-refractivity contribution in [2.45, 2.75) is 13.8 Å². The van der Waals surface area contributed by atoms with Crippen LogP contribution in [0.15, 0.2) is 24.3 Å². The number of ether oxygens (including phenoxy) is 1. The van der Waals surface area contributed by atoms with E-state index in [2.05, 4.69) is 15.5 Å². The van der Waals surface area contributed by atoms with Gasteiger partial charge in [0.1, 0.15) is 5.01 Å². The zero-order valence-corrected chi connectivity index (χ0v) is 14.5. The lowest BCUT2D eigenvalue weighted by Crippen LogP contribution is -2.16. The lowest BCUT2D eigenvalue weighted by atomic mass is 10.1. The van der Waals surface area contributed by atoms with Crippen LogP contribution in [0.5, 0.6) is 0 Å². The van der Waals surface area contributed by atoms with Gasteiger partial charge in [-0.25, -0.2) is 0 Å². The standard InChI is InChI=1S/C15H17N3O3S2/c1-3-21-13(20)9-22-8-12(19)16-15-18-17-14(23-15)11-7-5-4-6-10(11)2/h4-7H,3,8-9H2,1-2H3,(H,16,18,19). The average molecular weight is 351 g/mol. The third-order valence-electron chi connectivity index (χ3n) is 2.81. The molecule has 0 aliphatic heterocycles. The number of rotatable bonds is 7. The van der Waals surface area contributed by atoms with Gasteiger partial charge in [0.15, 0.2) is 0 Å². The van der Waals surface area contributed by atoms with Crippen molar-refractivity contribution >= 4 is 40.1 Å². The van der Waals surface area contributed by atoms with Crippen LogP contribution < -0.4 is 5.32 Å². The molecule has 1 aromatic carbocycles. The summed E-state index contributed by atoms with van der Waals surface area (Å²) >= 11 is 2.53. The van der Waals surface area contributed by atoms with Gasteiger partial charge in [-0.1, -0.05) is 35.6 Å². The molecule has 23 heavy (non-hydrogen) atoms. The highest BCUT2D eigenvalue weighted by Gasteiger charge is 2.12. The maximum atomic E-state index is 11.8. The molecule has 122 valence electrons. The summed E-state index contributed by atoms with van der Waals surface area (Å²) in [6, 6.07) is 7.87. The SMILES string of the molecule is CCOC(=O)CSCC(=O)Nc1nnc(-c2ccccc2C)s1. The van der Waals surface area contributed by atoms with E-state index in [9.17, 15) is 9.59 Å². The lowest BCUT2D eigenvalue weighted by Gasteiger charge is -2.02. The quantitative estimate of drug-likeness (QED) is 0.773. The Morgan fingerprint density at radius 1 is 1.26 bits per heavy atom. The van der Waals surface area contributed by atoms with Crippen LogP contribution in [0.1, 0.15) is 12.5 Å². The van der Waals surface area contributed by atoms with Gasteiger partial charge in [-0.2, -0.15) is 0 Å². The number of hydrogen-bond acceptors (Lipinski definition) is 7. The normalized spacial score (nSPS) is 10.3. The van der Waals surface area contributed by atoms with Crippen LogP contribution in [0.2, 0.25) is 0 Å². The zero-order valence-electron chi connectivity index (χ0n) is 12.9. The number of nitrogens with zero attached hydrogens (tertiary/aromatic N) is 2. The van der Waals surface area contributed by atoms with Gasteiger partial charge in [-0.05, 0) is 19.4 Å². The highest BCUT2D eigenvalue weighted by atomic mass is 32.2. The van der Waals surface area contributed by atoms with E-state index in [1.807, 2.05) is 31.2 Å². The monoisotopic (exact) mass is 351 g/mol. The first kappa shape index (κ1) is 17.4. The molecule has 0 atom stereocenters. The molecule has 0 radical (unpaired) electrons. The molecule has 2 rings (SSSR count). The summed E-state index contributed by atoms with van der Waals surface area (Å²) in [7, 11) is 0. The Labute approximate surface area is 142 Å². The van der Waals surface area contributed by atoms with E-state index in [4.69, 9.17) is 4.74 Å². The number of aryl methyl sites for hydroxylation is 1. The van der Waals surface area contributed by atoms with Crippen molar-refractivity contribution < 1.29 is 14.3 Å². The van der Waals surface area contributed by atoms with Crippen LogP contribution >= 0.6 is 23.1 Å². The minimum Gasteiger partial charge on any atom is -0.465 e. The minimum atomic E-state index is -0.317. The molecule has 8 heteroatoms. The maximum Gasteiger partial charge on any atom is 0.315 e. The molecule has 0 bridgehead atoms. The predicted molar refractivity (Wildman–Crippen MR) is 92.7 cm³/mol. The van der Waals surface area contributed by atoms with Crippen molar-refractivity contribution in [1.82, 2.24) is 10.2 Å². The van der Waals surface area contributed by atoms with Crippen molar-refractivity contribution in [2.75, 3.05) is 23.4 Å². The van der Waals surface area contributed by atoms with Crippen molar-refractivity contribution in [2.24, 2.45) is 0 Å². The van der Waals surface area contributed by atoms with E-state index in [1.54, 1.807) is 6.92 Å². The fourth-order valence-electron chi connectivity index (χ4n) is 1.78. The average Bonchev–Trinajstić information content (AvgIpc) is 2.96. The Morgan fingerprint density at radius 2 is 2.04 bits per heavy atom. The molecular weight excluding hydrogens is 334 g/mol. The summed E-state index contributed by atoms with van der Waals surface area (Å²) in [5, 5.41) is 12.0. The largest absolute Gasteiger partial charge is 0.465 e. The third-order valence-corrected chi connectivity index (χ3v) is 4.58. The number of anilines is 1. The van der Waals surface area contributed by atoms with Gasteiger partial charge in [-0.3, -0.25) is 14.9 Å². The van der Waals surface area contributed by atoms with Crippen molar-refractivity contribution in [3.05, 3.63) is 29.8 Å². The predicted octanol–water partition coefficient (Wildman–Crippen LogP) is 2.75. The highest BCUT2D eigenvalue weighted by molar-refractivity contribution is 8.00. The number of benzene rings is 1. The molecule has 1 heterocycles. The molecule has 0 aliphatic rings. The van der Waals surface area contributed by atoms with E-state index in [1.165, 1.54) is 23.1 Å². The van der Waals surface area contributed by atoms with Gasteiger partial charge in [0, 0.05) is 5.56 Å². The van der Waals surface area contributed by atoms with Crippen molar-refractivity contribution in [3.63, 3.8) is 0 Å². The van der Waals surface area contributed by atoms with Gasteiger partial charge in [0.25, 0.3) is 0 Å². The molecule has 6 nitrogen and oxygen atoms in total.